The van der Waals surface area contributed by atoms with Gasteiger partial charge in [-0.25, -0.2) is 0 Å². The zero-order chi connectivity index (χ0) is 8.97. The third kappa shape index (κ3) is 2.83. The SMILES string of the molecule is CNCC(C)Sc1nnc(C)o1. The minimum atomic E-state index is 0.454. The first-order valence-corrected chi connectivity index (χ1v) is 4.71. The second kappa shape index (κ2) is 4.47. The Morgan fingerprint density at radius 1 is 1.58 bits per heavy atom. The Bertz CT molecular complexity index is 238. The first-order chi connectivity index (χ1) is 5.72. The topological polar surface area (TPSA) is 51.0 Å². The van der Waals surface area contributed by atoms with Gasteiger partial charge in [0, 0.05) is 18.7 Å². The Hall–Kier alpha value is -0.550. The van der Waals surface area contributed by atoms with Crippen molar-refractivity contribution >= 4 is 11.8 Å². The summed E-state index contributed by atoms with van der Waals surface area (Å²) < 4.78 is 5.21. The summed E-state index contributed by atoms with van der Waals surface area (Å²) in [5.74, 6) is 0.620. The van der Waals surface area contributed by atoms with Crippen LogP contribution in [0.1, 0.15) is 12.8 Å². The fourth-order valence-electron chi connectivity index (χ4n) is 0.827. The third-order valence-corrected chi connectivity index (χ3v) is 2.24. The van der Waals surface area contributed by atoms with E-state index in [0.717, 1.165) is 6.54 Å². The van der Waals surface area contributed by atoms with Crippen LogP contribution in [0.25, 0.3) is 0 Å². The molecule has 1 aromatic rings. The predicted octanol–water partition coefficient (Wildman–Crippen LogP) is 1.08. The Morgan fingerprint density at radius 2 is 2.33 bits per heavy atom. The molecule has 1 aromatic heterocycles. The summed E-state index contributed by atoms with van der Waals surface area (Å²) in [6, 6.07) is 0. The number of thioether (sulfide) groups is 1. The highest BCUT2D eigenvalue weighted by Crippen LogP contribution is 2.20. The third-order valence-electron chi connectivity index (χ3n) is 1.30. The molecule has 0 aliphatic rings. The lowest BCUT2D eigenvalue weighted by Gasteiger charge is -2.05. The van der Waals surface area contributed by atoms with E-state index in [-0.39, 0.29) is 0 Å². The maximum atomic E-state index is 5.21. The monoisotopic (exact) mass is 187 g/mol. The molecule has 1 unspecified atom stereocenters. The Balaban J connectivity index is 2.41. The van der Waals surface area contributed by atoms with E-state index in [2.05, 4.69) is 22.4 Å². The van der Waals surface area contributed by atoms with E-state index in [1.54, 1.807) is 18.7 Å². The molecule has 4 nitrogen and oxygen atoms in total. The molecule has 1 heterocycles. The van der Waals surface area contributed by atoms with Crippen molar-refractivity contribution in [1.29, 1.82) is 0 Å². The number of aromatic nitrogens is 2. The number of rotatable bonds is 4. The van der Waals surface area contributed by atoms with Crippen LogP contribution in [0.5, 0.6) is 0 Å². The summed E-state index contributed by atoms with van der Waals surface area (Å²) in [6.07, 6.45) is 0. The smallest absolute Gasteiger partial charge is 0.276 e. The maximum Gasteiger partial charge on any atom is 0.276 e. The van der Waals surface area contributed by atoms with Gasteiger partial charge in [-0.2, -0.15) is 0 Å². The van der Waals surface area contributed by atoms with Gasteiger partial charge in [0.25, 0.3) is 5.22 Å². The molecule has 0 amide bonds. The molecule has 1 rings (SSSR count). The Kier molecular flexibility index (Phi) is 3.55. The van der Waals surface area contributed by atoms with Crippen molar-refractivity contribution in [2.24, 2.45) is 0 Å². The van der Waals surface area contributed by atoms with Crippen LogP contribution in [-0.2, 0) is 0 Å². The van der Waals surface area contributed by atoms with Crippen molar-refractivity contribution in [2.45, 2.75) is 24.3 Å². The molecular weight excluding hydrogens is 174 g/mol. The molecule has 0 aromatic carbocycles. The summed E-state index contributed by atoms with van der Waals surface area (Å²) in [6.45, 7) is 4.84. The molecule has 0 saturated carbocycles. The standard InChI is InChI=1S/C7H13N3OS/c1-5(4-8-3)12-7-10-9-6(2)11-7/h5,8H,4H2,1-3H3. The largest absolute Gasteiger partial charge is 0.416 e. The van der Waals surface area contributed by atoms with Crippen LogP contribution in [0, 0.1) is 6.92 Å². The van der Waals surface area contributed by atoms with E-state index < -0.39 is 0 Å². The van der Waals surface area contributed by atoms with Crippen LogP contribution in [0.15, 0.2) is 9.64 Å². The molecule has 1 N–H and O–H groups in total. The number of nitrogens with zero attached hydrogens (tertiary/aromatic N) is 2. The predicted molar refractivity (Wildman–Crippen MR) is 48.3 cm³/mol. The Morgan fingerprint density at radius 3 is 2.83 bits per heavy atom. The molecule has 0 aliphatic heterocycles. The zero-order valence-corrected chi connectivity index (χ0v) is 8.31. The van der Waals surface area contributed by atoms with Gasteiger partial charge in [0.1, 0.15) is 0 Å². The molecule has 0 saturated heterocycles. The van der Waals surface area contributed by atoms with Gasteiger partial charge in [0.05, 0.1) is 0 Å². The molecule has 5 heteroatoms. The second-order valence-electron chi connectivity index (χ2n) is 2.57. The first kappa shape index (κ1) is 9.54. The summed E-state index contributed by atoms with van der Waals surface area (Å²) in [5.41, 5.74) is 0. The summed E-state index contributed by atoms with van der Waals surface area (Å²) in [7, 11) is 1.93. The minimum absolute atomic E-state index is 0.454. The van der Waals surface area contributed by atoms with Crippen LogP contribution >= 0.6 is 11.8 Å². The van der Waals surface area contributed by atoms with Gasteiger partial charge >= 0.3 is 0 Å². The highest BCUT2D eigenvalue weighted by Gasteiger charge is 2.08. The number of aryl methyl sites for hydroxylation is 1. The van der Waals surface area contributed by atoms with Crippen LogP contribution in [0.3, 0.4) is 0 Å². The average molecular weight is 187 g/mol. The van der Waals surface area contributed by atoms with Crippen molar-refractivity contribution in [3.63, 3.8) is 0 Å². The lowest BCUT2D eigenvalue weighted by atomic mass is 10.5. The quantitative estimate of drug-likeness (QED) is 0.715. The fourth-order valence-corrected chi connectivity index (χ4v) is 1.68. The summed E-state index contributed by atoms with van der Waals surface area (Å²) in [5, 5.41) is 11.8. The summed E-state index contributed by atoms with van der Waals surface area (Å²) >= 11 is 1.59. The van der Waals surface area contributed by atoms with Crippen molar-refractivity contribution in [2.75, 3.05) is 13.6 Å². The molecule has 68 valence electrons. The number of hydrogen-bond donors (Lipinski definition) is 1. The lowest BCUT2D eigenvalue weighted by molar-refractivity contribution is 0.428. The zero-order valence-electron chi connectivity index (χ0n) is 7.50. The first-order valence-electron chi connectivity index (χ1n) is 3.83. The minimum Gasteiger partial charge on any atom is -0.416 e. The molecule has 0 bridgehead atoms. The van der Waals surface area contributed by atoms with Gasteiger partial charge < -0.3 is 9.73 Å². The van der Waals surface area contributed by atoms with E-state index in [4.69, 9.17) is 4.42 Å². The van der Waals surface area contributed by atoms with Crippen molar-refractivity contribution in [1.82, 2.24) is 15.5 Å². The normalized spacial score (nSPS) is 13.2. The molecule has 0 spiro atoms. The van der Waals surface area contributed by atoms with Gasteiger partial charge in [-0.3, -0.25) is 0 Å². The number of nitrogens with one attached hydrogen (secondary N) is 1. The van der Waals surface area contributed by atoms with E-state index in [1.165, 1.54) is 0 Å². The Labute approximate surface area is 76.1 Å². The number of hydrogen-bond acceptors (Lipinski definition) is 5. The molecule has 1 atom stereocenters. The average Bonchev–Trinajstić information content (AvgIpc) is 2.36. The van der Waals surface area contributed by atoms with Gasteiger partial charge in [-0.1, -0.05) is 18.7 Å². The fraction of sp³-hybridized carbons (Fsp3) is 0.714. The lowest BCUT2D eigenvalue weighted by Crippen LogP contribution is -2.17. The van der Waals surface area contributed by atoms with Gasteiger partial charge in [0.15, 0.2) is 0 Å². The molecular formula is C7H13N3OS. The van der Waals surface area contributed by atoms with Gasteiger partial charge in [-0.15, -0.1) is 10.2 Å². The van der Waals surface area contributed by atoms with Crippen LogP contribution in [0.2, 0.25) is 0 Å². The summed E-state index contributed by atoms with van der Waals surface area (Å²) in [4.78, 5) is 0. The van der Waals surface area contributed by atoms with Crippen molar-refractivity contribution in [3.8, 4) is 0 Å². The van der Waals surface area contributed by atoms with Crippen LogP contribution in [0.4, 0.5) is 0 Å². The van der Waals surface area contributed by atoms with Crippen molar-refractivity contribution < 1.29 is 4.42 Å². The van der Waals surface area contributed by atoms with Gasteiger partial charge in [-0.05, 0) is 7.05 Å². The van der Waals surface area contributed by atoms with E-state index in [0.29, 0.717) is 16.4 Å². The van der Waals surface area contributed by atoms with Crippen LogP contribution < -0.4 is 5.32 Å². The molecule has 12 heavy (non-hydrogen) atoms. The maximum absolute atomic E-state index is 5.21. The van der Waals surface area contributed by atoms with Crippen LogP contribution in [-0.4, -0.2) is 29.0 Å². The van der Waals surface area contributed by atoms with E-state index in [1.807, 2.05) is 7.05 Å². The molecule has 0 radical (unpaired) electrons. The highest BCUT2D eigenvalue weighted by atomic mass is 32.2. The molecule has 0 fully saturated rings. The second-order valence-corrected chi connectivity index (χ2v) is 3.96. The molecule has 0 aliphatic carbocycles. The van der Waals surface area contributed by atoms with E-state index >= 15 is 0 Å². The van der Waals surface area contributed by atoms with Gasteiger partial charge in [0.2, 0.25) is 5.89 Å². The van der Waals surface area contributed by atoms with Crippen molar-refractivity contribution in [3.05, 3.63) is 5.89 Å². The van der Waals surface area contributed by atoms with E-state index in [9.17, 15) is 0 Å². The highest BCUT2D eigenvalue weighted by molar-refractivity contribution is 7.99.